The minimum atomic E-state index is -1.29. The molecule has 0 atom stereocenters. The number of amides is 1. The molecule has 0 aromatic heterocycles. The van der Waals surface area contributed by atoms with Crippen LogP contribution in [0.5, 0.6) is 11.5 Å². The summed E-state index contributed by atoms with van der Waals surface area (Å²) in [6.07, 6.45) is -1.29. The summed E-state index contributed by atoms with van der Waals surface area (Å²) in [4.78, 5) is 10.5. The van der Waals surface area contributed by atoms with Gasteiger partial charge in [0.1, 0.15) is 11.8 Å². The van der Waals surface area contributed by atoms with Crippen molar-refractivity contribution >= 4 is 11.8 Å². The topological polar surface area (TPSA) is 73.4 Å². The van der Waals surface area contributed by atoms with E-state index >= 15 is 0 Å². The van der Waals surface area contributed by atoms with E-state index in [0.717, 1.165) is 11.3 Å². The smallest absolute Gasteiger partial charge is 0.150 e. The Morgan fingerprint density at radius 1 is 0.688 bits per heavy atom. The molecule has 2 N–H and O–H groups in total. The molecular weight excluding hydrogens is 400 g/mol. The van der Waals surface area contributed by atoms with E-state index in [4.69, 9.17) is 4.74 Å². The summed E-state index contributed by atoms with van der Waals surface area (Å²) in [5.74, 6) is 1.39. The number of carbonyl (C=O) groups excluding carboxylic acids is 1. The van der Waals surface area contributed by atoms with Gasteiger partial charge in [0.25, 0.3) is 0 Å². The van der Waals surface area contributed by atoms with E-state index in [2.05, 4.69) is 47.0 Å². The average Bonchev–Trinajstić information content (AvgIpc) is 2.84. The zero-order valence-corrected chi connectivity index (χ0v) is 17.5. The number of carbonyl (C=O) groups is 1. The minimum absolute atomic E-state index is 0.198. The van der Waals surface area contributed by atoms with Crippen molar-refractivity contribution in [2.75, 3.05) is 5.32 Å². The molecule has 0 fully saturated rings. The first-order valence-corrected chi connectivity index (χ1v) is 10.4. The van der Waals surface area contributed by atoms with E-state index in [9.17, 15) is 9.90 Å². The zero-order valence-electron chi connectivity index (χ0n) is 17.5. The third-order valence-electron chi connectivity index (χ3n) is 5.02. The number of ether oxygens (including phenoxy) is 1. The molecule has 0 aliphatic heterocycles. The van der Waals surface area contributed by atoms with Crippen LogP contribution in [0.25, 0.3) is 11.1 Å². The van der Waals surface area contributed by atoms with E-state index in [1.165, 1.54) is 16.7 Å². The molecule has 0 spiro atoms. The second-order valence-corrected chi connectivity index (χ2v) is 7.30. The van der Waals surface area contributed by atoms with Crippen molar-refractivity contribution in [3.05, 3.63) is 114 Å². The highest BCUT2D eigenvalue weighted by molar-refractivity contribution is 5.64. The molecule has 4 aromatic carbocycles. The lowest BCUT2D eigenvalue weighted by molar-refractivity contribution is -0.251. The van der Waals surface area contributed by atoms with Gasteiger partial charge in [-0.2, -0.15) is 0 Å². The Balaban J connectivity index is 1.39. The first-order chi connectivity index (χ1) is 15.7. The van der Waals surface area contributed by atoms with Crippen LogP contribution in [-0.4, -0.2) is 6.09 Å². The minimum Gasteiger partial charge on any atom is -0.530 e. The summed E-state index contributed by atoms with van der Waals surface area (Å²) in [7, 11) is 0. The van der Waals surface area contributed by atoms with Crippen molar-refractivity contribution < 1.29 is 14.6 Å². The Kier molecular flexibility index (Phi) is 6.68. The molecule has 0 aliphatic carbocycles. The summed E-state index contributed by atoms with van der Waals surface area (Å²) in [5.41, 5.74) is 5.28. The van der Waals surface area contributed by atoms with Crippen molar-refractivity contribution in [2.45, 2.75) is 13.1 Å². The lowest BCUT2D eigenvalue weighted by Gasteiger charge is -2.14. The lowest BCUT2D eigenvalue weighted by atomic mass is 10.0. The fourth-order valence-corrected chi connectivity index (χ4v) is 3.32. The normalized spacial score (nSPS) is 10.4. The van der Waals surface area contributed by atoms with Crippen molar-refractivity contribution in [1.29, 1.82) is 0 Å². The molecule has 0 radical (unpaired) electrons. The second kappa shape index (κ2) is 10.2. The van der Waals surface area contributed by atoms with Gasteiger partial charge in [-0.1, -0.05) is 78.9 Å². The average molecular weight is 423 g/mol. The Morgan fingerprint density at radius 2 is 1.28 bits per heavy atom. The van der Waals surface area contributed by atoms with Crippen LogP contribution < -0.4 is 20.5 Å². The molecule has 1 amide bonds. The molecule has 0 heterocycles. The van der Waals surface area contributed by atoms with Crippen LogP contribution in [0.3, 0.4) is 0 Å². The predicted molar refractivity (Wildman–Crippen MR) is 124 cm³/mol. The molecule has 4 rings (SSSR count). The van der Waals surface area contributed by atoms with Crippen LogP contribution in [0.15, 0.2) is 103 Å². The SMILES string of the molecule is O=C([O-])NCc1ccc(Oc2ccccc2NCc2ccc(-c3ccccc3)cc2)cc1. The number of benzene rings is 4. The Labute approximate surface area is 187 Å². The molecule has 5 nitrogen and oxygen atoms in total. The van der Waals surface area contributed by atoms with Gasteiger partial charge >= 0.3 is 0 Å². The van der Waals surface area contributed by atoms with E-state index in [-0.39, 0.29) is 6.54 Å². The van der Waals surface area contributed by atoms with Gasteiger partial charge in [-0.15, -0.1) is 0 Å². The molecule has 160 valence electrons. The zero-order chi connectivity index (χ0) is 22.2. The third kappa shape index (κ3) is 5.67. The maximum absolute atomic E-state index is 10.5. The van der Waals surface area contributed by atoms with E-state index in [1.54, 1.807) is 0 Å². The van der Waals surface area contributed by atoms with Gasteiger partial charge in [0.2, 0.25) is 0 Å². The maximum atomic E-state index is 10.5. The summed E-state index contributed by atoms with van der Waals surface area (Å²) in [6.45, 7) is 0.868. The first kappa shape index (κ1) is 21.0. The van der Waals surface area contributed by atoms with Crippen molar-refractivity contribution in [2.24, 2.45) is 0 Å². The molecule has 5 heteroatoms. The Morgan fingerprint density at radius 3 is 2.00 bits per heavy atom. The third-order valence-corrected chi connectivity index (χ3v) is 5.02. The number of hydrogen-bond donors (Lipinski definition) is 2. The first-order valence-electron chi connectivity index (χ1n) is 10.4. The largest absolute Gasteiger partial charge is 0.530 e. The second-order valence-electron chi connectivity index (χ2n) is 7.30. The van der Waals surface area contributed by atoms with Gasteiger partial charge in [-0.05, 0) is 46.5 Å². The van der Waals surface area contributed by atoms with Crippen LogP contribution in [0, 0.1) is 0 Å². The fourth-order valence-electron chi connectivity index (χ4n) is 3.32. The number of rotatable bonds is 8. The van der Waals surface area contributed by atoms with Gasteiger partial charge in [0, 0.05) is 13.1 Å². The van der Waals surface area contributed by atoms with Gasteiger partial charge in [-0.3, -0.25) is 0 Å². The fraction of sp³-hybridized carbons (Fsp3) is 0.0741. The van der Waals surface area contributed by atoms with E-state index in [0.29, 0.717) is 18.0 Å². The monoisotopic (exact) mass is 423 g/mol. The standard InChI is InChI=1S/C27H24N2O3/c30-27(31)29-19-21-12-16-24(17-13-21)32-26-9-5-4-8-25(26)28-18-20-10-14-23(15-11-20)22-6-2-1-3-7-22/h1-17,28-29H,18-19H2,(H,30,31)/p-1. The highest BCUT2D eigenvalue weighted by atomic mass is 16.5. The van der Waals surface area contributed by atoms with Crippen molar-refractivity contribution in [1.82, 2.24) is 5.32 Å². The molecule has 0 unspecified atom stereocenters. The highest BCUT2D eigenvalue weighted by Gasteiger charge is 2.05. The quantitative estimate of drug-likeness (QED) is 0.409. The molecule has 0 saturated heterocycles. The molecule has 0 bridgehead atoms. The Bertz CT molecular complexity index is 1160. The predicted octanol–water partition coefficient (Wildman–Crippen LogP) is 5.19. The number of para-hydroxylation sites is 2. The van der Waals surface area contributed by atoms with Gasteiger partial charge in [0.15, 0.2) is 5.75 Å². The summed E-state index contributed by atoms with van der Waals surface area (Å²) >= 11 is 0. The molecule has 32 heavy (non-hydrogen) atoms. The summed E-state index contributed by atoms with van der Waals surface area (Å²) < 4.78 is 6.04. The van der Waals surface area contributed by atoms with Crippen LogP contribution >= 0.6 is 0 Å². The maximum Gasteiger partial charge on any atom is 0.150 e. The molecule has 4 aromatic rings. The van der Waals surface area contributed by atoms with Gasteiger partial charge in [-0.25, -0.2) is 0 Å². The van der Waals surface area contributed by atoms with Gasteiger partial charge in [0.05, 0.1) is 5.69 Å². The molecular formula is C27H23N2O3-. The van der Waals surface area contributed by atoms with E-state index in [1.807, 2.05) is 66.7 Å². The van der Waals surface area contributed by atoms with Crippen molar-refractivity contribution in [3.8, 4) is 22.6 Å². The van der Waals surface area contributed by atoms with E-state index < -0.39 is 6.09 Å². The van der Waals surface area contributed by atoms with Gasteiger partial charge < -0.3 is 25.3 Å². The van der Waals surface area contributed by atoms with Crippen LogP contribution in [0.4, 0.5) is 10.5 Å². The number of carboxylic acid groups (broad SMARTS) is 1. The van der Waals surface area contributed by atoms with Crippen molar-refractivity contribution in [3.63, 3.8) is 0 Å². The number of nitrogens with one attached hydrogen (secondary N) is 2. The Hall–Kier alpha value is -4.25. The van der Waals surface area contributed by atoms with Crippen LogP contribution in [-0.2, 0) is 13.1 Å². The lowest BCUT2D eigenvalue weighted by Crippen LogP contribution is -2.35. The molecule has 0 aliphatic rings. The number of hydrogen-bond acceptors (Lipinski definition) is 4. The summed E-state index contributed by atoms with van der Waals surface area (Å²) in [6, 6.07) is 33.8. The van der Waals surface area contributed by atoms with Crippen LogP contribution in [0.2, 0.25) is 0 Å². The molecule has 0 saturated carbocycles. The number of anilines is 1. The highest BCUT2D eigenvalue weighted by Crippen LogP contribution is 2.30. The summed E-state index contributed by atoms with van der Waals surface area (Å²) in [5, 5.41) is 16.2. The van der Waals surface area contributed by atoms with Crippen LogP contribution in [0.1, 0.15) is 11.1 Å².